The molecule has 2 fully saturated rings. The number of methoxy groups -OCH3 is 2. The molecule has 11 heteroatoms. The van der Waals surface area contributed by atoms with Gasteiger partial charge in [0.15, 0.2) is 0 Å². The molecule has 0 saturated carbocycles. The molecule has 0 aromatic heterocycles. The smallest absolute Gasteiger partial charge is 0.335 e. The van der Waals surface area contributed by atoms with E-state index in [1.54, 1.807) is 41.3 Å². The Labute approximate surface area is 283 Å². The zero-order valence-electron chi connectivity index (χ0n) is 27.4. The van der Waals surface area contributed by atoms with Crippen molar-refractivity contribution in [2.45, 2.75) is 38.5 Å². The molecular formula is C38H38F2N2O7. The summed E-state index contributed by atoms with van der Waals surface area (Å²) in [7, 11) is 3.02. The molecular weight excluding hydrogens is 634 g/mol. The Kier molecular flexibility index (Phi) is 11.1. The maximum atomic E-state index is 14.4. The normalized spacial score (nSPS) is 14.5. The van der Waals surface area contributed by atoms with Crippen molar-refractivity contribution in [1.82, 2.24) is 0 Å². The monoisotopic (exact) mass is 672 g/mol. The summed E-state index contributed by atoms with van der Waals surface area (Å²) in [6.45, 7) is 2.18. The van der Waals surface area contributed by atoms with Crippen molar-refractivity contribution in [2.24, 2.45) is 0 Å². The van der Waals surface area contributed by atoms with Crippen LogP contribution in [0, 0.1) is 11.6 Å². The van der Waals surface area contributed by atoms with Crippen molar-refractivity contribution in [3.05, 3.63) is 95.6 Å². The minimum Gasteiger partial charge on any atom is -0.497 e. The molecule has 0 radical (unpaired) electrons. The molecule has 1 amide bonds. The Bertz CT molecular complexity index is 1860. The van der Waals surface area contributed by atoms with Gasteiger partial charge in [0.2, 0.25) is 5.91 Å². The van der Waals surface area contributed by atoms with Crippen LogP contribution in [0.1, 0.15) is 59.2 Å². The molecule has 2 aliphatic rings. The molecule has 0 aliphatic carbocycles. The molecule has 4 aromatic carbocycles. The van der Waals surface area contributed by atoms with E-state index in [1.165, 1.54) is 50.6 Å². The van der Waals surface area contributed by atoms with Gasteiger partial charge in [-0.2, -0.15) is 0 Å². The van der Waals surface area contributed by atoms with Gasteiger partial charge in [-0.25, -0.2) is 18.4 Å². The highest BCUT2D eigenvalue weighted by atomic mass is 19.1. The van der Waals surface area contributed by atoms with Crippen LogP contribution in [-0.2, 0) is 4.79 Å². The number of hydrogen-bond acceptors (Lipinski definition) is 6. The molecule has 0 spiro atoms. The first-order valence-corrected chi connectivity index (χ1v) is 16.1. The van der Waals surface area contributed by atoms with Gasteiger partial charge < -0.3 is 29.5 Å². The van der Waals surface area contributed by atoms with Crippen LogP contribution < -0.4 is 19.3 Å². The number of amides is 1. The summed E-state index contributed by atoms with van der Waals surface area (Å²) in [5.41, 5.74) is 3.30. The van der Waals surface area contributed by atoms with E-state index in [1.807, 2.05) is 0 Å². The number of carbonyl (C=O) groups is 3. The lowest BCUT2D eigenvalue weighted by atomic mass is 9.98. The van der Waals surface area contributed by atoms with Crippen LogP contribution in [0.15, 0.2) is 72.8 Å². The summed E-state index contributed by atoms with van der Waals surface area (Å²) in [6.07, 6.45) is 5.30. The second kappa shape index (κ2) is 15.6. The Balaban J connectivity index is 0.000000191. The lowest BCUT2D eigenvalue weighted by Crippen LogP contribution is -2.35. The fourth-order valence-electron chi connectivity index (χ4n) is 6.14. The van der Waals surface area contributed by atoms with Gasteiger partial charge in [0.25, 0.3) is 0 Å². The lowest BCUT2D eigenvalue weighted by molar-refractivity contribution is -0.119. The van der Waals surface area contributed by atoms with Crippen molar-refractivity contribution in [2.75, 3.05) is 43.7 Å². The second-order valence-electron chi connectivity index (χ2n) is 11.8. The maximum absolute atomic E-state index is 14.4. The van der Waals surface area contributed by atoms with Gasteiger partial charge in [-0.05, 0) is 92.8 Å². The second-order valence-corrected chi connectivity index (χ2v) is 11.8. The summed E-state index contributed by atoms with van der Waals surface area (Å²) in [5.74, 6) is -1.92. The first-order valence-electron chi connectivity index (χ1n) is 16.1. The zero-order valence-corrected chi connectivity index (χ0v) is 27.4. The molecule has 9 nitrogen and oxygen atoms in total. The summed E-state index contributed by atoms with van der Waals surface area (Å²) >= 11 is 0. The average molecular weight is 673 g/mol. The Morgan fingerprint density at radius 1 is 0.612 bits per heavy atom. The van der Waals surface area contributed by atoms with E-state index in [9.17, 15) is 33.4 Å². The number of hydrogen-bond donors (Lipinski definition) is 2. The van der Waals surface area contributed by atoms with Crippen LogP contribution in [0.25, 0.3) is 22.3 Å². The fraction of sp³-hybridized carbons (Fsp3) is 0.289. The number of anilines is 2. The number of carbonyl (C=O) groups excluding carboxylic acids is 1. The van der Waals surface area contributed by atoms with E-state index in [4.69, 9.17) is 9.47 Å². The van der Waals surface area contributed by atoms with Crippen LogP contribution in [0.5, 0.6) is 11.5 Å². The van der Waals surface area contributed by atoms with E-state index in [-0.39, 0.29) is 28.4 Å². The summed E-state index contributed by atoms with van der Waals surface area (Å²) in [6, 6.07) is 18.2. The molecule has 2 saturated heterocycles. The quantitative estimate of drug-likeness (QED) is 0.194. The van der Waals surface area contributed by atoms with Gasteiger partial charge in [-0.15, -0.1) is 0 Å². The van der Waals surface area contributed by atoms with Crippen molar-refractivity contribution >= 4 is 29.2 Å². The van der Waals surface area contributed by atoms with E-state index in [0.717, 1.165) is 50.9 Å². The number of carboxylic acids is 2. The largest absolute Gasteiger partial charge is 0.497 e. The minimum absolute atomic E-state index is 0.0560. The summed E-state index contributed by atoms with van der Waals surface area (Å²) < 4.78 is 39.2. The number of ether oxygens (including phenoxy) is 2. The number of piperidine rings is 2. The number of rotatable bonds is 8. The number of carboxylic acid groups (broad SMARTS) is 2. The fourth-order valence-corrected chi connectivity index (χ4v) is 6.14. The highest BCUT2D eigenvalue weighted by molar-refractivity contribution is 6.01. The maximum Gasteiger partial charge on any atom is 0.335 e. The number of benzene rings is 4. The molecule has 2 aliphatic heterocycles. The minimum atomic E-state index is -1.09. The lowest BCUT2D eigenvalue weighted by Gasteiger charge is -2.31. The molecule has 49 heavy (non-hydrogen) atoms. The van der Waals surface area contributed by atoms with Gasteiger partial charge in [0, 0.05) is 54.0 Å². The number of halogens is 2. The first-order chi connectivity index (χ1) is 23.6. The molecule has 256 valence electrons. The van der Waals surface area contributed by atoms with Gasteiger partial charge >= 0.3 is 11.9 Å². The predicted molar refractivity (Wildman–Crippen MR) is 183 cm³/mol. The van der Waals surface area contributed by atoms with E-state index < -0.39 is 17.8 Å². The van der Waals surface area contributed by atoms with E-state index in [2.05, 4.69) is 4.90 Å². The zero-order chi connectivity index (χ0) is 35.1. The van der Waals surface area contributed by atoms with Crippen molar-refractivity contribution < 1.29 is 42.9 Å². The van der Waals surface area contributed by atoms with Crippen LogP contribution in [-0.4, -0.2) is 61.9 Å². The van der Waals surface area contributed by atoms with Gasteiger partial charge in [0.1, 0.15) is 23.1 Å². The van der Waals surface area contributed by atoms with E-state index >= 15 is 0 Å². The van der Waals surface area contributed by atoms with Crippen LogP contribution in [0.3, 0.4) is 0 Å². The molecule has 2 N–H and O–H groups in total. The third-order valence-corrected chi connectivity index (χ3v) is 8.73. The van der Waals surface area contributed by atoms with Crippen molar-refractivity contribution in [3.8, 4) is 33.8 Å². The Morgan fingerprint density at radius 3 is 1.59 bits per heavy atom. The Hall–Kier alpha value is -5.45. The Morgan fingerprint density at radius 2 is 1.10 bits per heavy atom. The molecule has 0 bridgehead atoms. The molecule has 6 rings (SSSR count). The highest BCUT2D eigenvalue weighted by Gasteiger charge is 2.25. The summed E-state index contributed by atoms with van der Waals surface area (Å²) in [5, 5.41) is 18.6. The summed E-state index contributed by atoms with van der Waals surface area (Å²) in [4.78, 5) is 38.7. The molecule has 0 unspecified atom stereocenters. The van der Waals surface area contributed by atoms with Crippen LogP contribution >= 0.6 is 0 Å². The standard InChI is InChI=1S/C19H18FNO4.C19H20FNO3/c1-25-13-6-8-16(20)15(11-13)14-7-5-12(19(23)24)10-17(14)21-9-3-2-4-18(21)22;1-24-14-6-8-17(20)16(12-14)15-7-5-13(19(22)23)11-18(15)21-9-3-2-4-10-21/h5-8,10-11H,2-4,9H2,1H3,(H,23,24);5-8,11-12H,2-4,9-10H2,1H3,(H,22,23). The predicted octanol–water partition coefficient (Wildman–Crippen LogP) is 7.91. The molecule has 4 aromatic rings. The third-order valence-electron chi connectivity index (χ3n) is 8.73. The number of aromatic carboxylic acids is 2. The number of nitrogens with zero attached hydrogens (tertiary/aromatic N) is 2. The third kappa shape index (κ3) is 7.99. The molecule has 0 atom stereocenters. The van der Waals surface area contributed by atoms with Gasteiger partial charge in [-0.1, -0.05) is 12.1 Å². The van der Waals surface area contributed by atoms with Gasteiger partial charge in [0.05, 0.1) is 31.0 Å². The van der Waals surface area contributed by atoms with Crippen LogP contribution in [0.4, 0.5) is 20.2 Å². The average Bonchev–Trinajstić information content (AvgIpc) is 3.12. The van der Waals surface area contributed by atoms with Crippen LogP contribution in [0.2, 0.25) is 0 Å². The topological polar surface area (TPSA) is 117 Å². The first kappa shape index (κ1) is 34.9. The molecule has 2 heterocycles. The SMILES string of the molecule is COc1ccc(F)c(-c2ccc(C(=O)O)cc2N2CCCCC2)c1.COc1ccc(F)c(-c2ccc(C(=O)O)cc2N2CCCCC2=O)c1. The van der Waals surface area contributed by atoms with Crippen molar-refractivity contribution in [1.29, 1.82) is 0 Å². The highest BCUT2D eigenvalue weighted by Crippen LogP contribution is 2.38. The van der Waals surface area contributed by atoms with Gasteiger partial charge in [-0.3, -0.25) is 4.79 Å². The van der Waals surface area contributed by atoms with Crippen molar-refractivity contribution in [3.63, 3.8) is 0 Å². The van der Waals surface area contributed by atoms with E-state index in [0.29, 0.717) is 46.8 Å².